The zero-order valence-corrected chi connectivity index (χ0v) is 13.4. The van der Waals surface area contributed by atoms with Gasteiger partial charge in [-0.3, -0.25) is 0 Å². The van der Waals surface area contributed by atoms with E-state index < -0.39 is 28.7 Å². The summed E-state index contributed by atoms with van der Waals surface area (Å²) in [5, 5.41) is -2.43. The third kappa shape index (κ3) is 2.45. The average molecular weight is 452 g/mol. The molecule has 11 heteroatoms. The van der Waals surface area contributed by atoms with E-state index in [-0.39, 0.29) is 6.08 Å². The average Bonchev–Trinajstić information content (AvgIpc) is 2.17. The van der Waals surface area contributed by atoms with E-state index in [1.165, 1.54) is 14.8 Å². The van der Waals surface area contributed by atoms with Gasteiger partial charge in [0.15, 0.2) is 5.92 Å². The van der Waals surface area contributed by atoms with Crippen molar-refractivity contribution < 1.29 is 49.9 Å². The van der Waals surface area contributed by atoms with Crippen molar-refractivity contribution in [3.63, 3.8) is 0 Å². The Morgan fingerprint density at radius 2 is 1.24 bits per heavy atom. The Morgan fingerprint density at radius 1 is 0.882 bits per heavy atom. The first kappa shape index (κ1) is 17.8. The summed E-state index contributed by atoms with van der Waals surface area (Å²) >= 11 is 7.99. The molecule has 0 fully saturated rings. The fraction of sp³-hybridized carbons (Fsp3) is 0.667. The van der Waals surface area contributed by atoms with Crippen LogP contribution in [0.25, 0.3) is 0 Å². The van der Waals surface area contributed by atoms with Gasteiger partial charge in [0.1, 0.15) is 0 Å². The van der Waals surface area contributed by atoms with Crippen LogP contribution in [0.5, 0.6) is 0 Å². The van der Waals surface area contributed by atoms with Crippen molar-refractivity contribution >= 4 is 31.4 Å². The van der Waals surface area contributed by atoms with E-state index in [0.717, 1.165) is 0 Å². The van der Waals surface area contributed by atoms with E-state index in [4.69, 9.17) is 0 Å². The number of hydrogen-bond acceptors (Lipinski definition) is 0. The predicted molar refractivity (Wildman–Crippen MR) is 46.4 cm³/mol. The number of allylic oxidation sites excluding steroid dienone is 2. The molecule has 0 radical (unpaired) electrons. The van der Waals surface area contributed by atoms with Crippen LogP contribution in [0.2, 0.25) is 0 Å². The van der Waals surface area contributed by atoms with Crippen molar-refractivity contribution in [2.24, 2.45) is 0 Å². The van der Waals surface area contributed by atoms with E-state index in [1.54, 1.807) is 0 Å². The number of halogens is 10. The number of rotatable bonds is 0. The van der Waals surface area contributed by atoms with Crippen LogP contribution in [0.1, 0.15) is 0 Å². The first-order valence-electron chi connectivity index (χ1n) is 3.47. The van der Waals surface area contributed by atoms with Gasteiger partial charge in [-0.1, -0.05) is 5.03 Å². The summed E-state index contributed by atoms with van der Waals surface area (Å²) in [7, 11) is 0. The van der Waals surface area contributed by atoms with Gasteiger partial charge in [0, 0.05) is 0 Å². The van der Waals surface area contributed by atoms with Gasteiger partial charge in [-0.15, -0.1) is 11.6 Å². The van der Waals surface area contributed by atoms with Crippen LogP contribution in [0, 0.1) is 6.08 Å². The fourth-order valence-electron chi connectivity index (χ4n) is 0.827. The Morgan fingerprint density at radius 3 is 1.59 bits per heavy atom. The first-order valence-corrected chi connectivity index (χ1v) is 12.9. The Kier molecular flexibility index (Phi) is 5.32. The van der Waals surface area contributed by atoms with Gasteiger partial charge in [0.2, 0.25) is 0 Å². The second kappa shape index (κ2) is 5.07. The second-order valence-electron chi connectivity index (χ2n) is 2.74. The van der Waals surface area contributed by atoms with Gasteiger partial charge in [0.25, 0.3) is 0 Å². The zero-order valence-electron chi connectivity index (χ0n) is 7.49. The van der Waals surface area contributed by atoms with Crippen molar-refractivity contribution in [2.75, 3.05) is 0 Å². The SMILES string of the molecule is FC1(F)[C-]=C(Cl)C(F)(F)C(F)(F)C1(F)F.[Zn+][I]. The first-order chi connectivity index (χ1) is 7.38. The fourth-order valence-corrected chi connectivity index (χ4v) is 1.06. The van der Waals surface area contributed by atoms with Gasteiger partial charge in [-0.05, 0) is 0 Å². The Balaban J connectivity index is 0.00000121. The van der Waals surface area contributed by atoms with Crippen LogP contribution in [-0.4, -0.2) is 23.7 Å². The molecule has 0 unspecified atom stereocenters. The maximum atomic E-state index is 12.4. The van der Waals surface area contributed by atoms with Gasteiger partial charge < -0.3 is 6.08 Å². The topological polar surface area (TPSA) is 0 Å². The molecule has 0 aromatic carbocycles. The van der Waals surface area contributed by atoms with Gasteiger partial charge in [-0.2, -0.15) is 26.3 Å². The molecular formula is C6ClF8IZn. The maximum absolute atomic E-state index is 12.4. The number of hydrogen-bond donors (Lipinski definition) is 0. The summed E-state index contributed by atoms with van der Waals surface area (Å²) in [4.78, 5) is 0. The Bertz CT molecular complexity index is 328. The standard InChI is InChI=1S/C6ClF8.HI.Zn/c7-2-1-3(8,9)5(12,13)6(14,15)4(2,10)11;;/h;1H;/q-1;;+2/p-1. The van der Waals surface area contributed by atoms with Crippen LogP contribution >= 0.6 is 31.4 Å². The van der Waals surface area contributed by atoms with Crippen LogP contribution in [0.4, 0.5) is 35.1 Å². The third-order valence-corrected chi connectivity index (χ3v) is 2.06. The summed E-state index contributed by atoms with van der Waals surface area (Å²) in [6.45, 7) is 0. The molecule has 1 rings (SSSR count). The van der Waals surface area contributed by atoms with Crippen molar-refractivity contribution in [3.8, 4) is 0 Å². The molecule has 0 aromatic heterocycles. The summed E-state index contributed by atoms with van der Waals surface area (Å²) < 4.78 is 98.8. The Labute approximate surface area is 116 Å². The molecule has 0 atom stereocenters. The Hall–Kier alpha value is 0.823. The minimum absolute atomic E-state index is 0.161. The van der Waals surface area contributed by atoms with Crippen molar-refractivity contribution in [1.82, 2.24) is 0 Å². The van der Waals surface area contributed by atoms with E-state index in [9.17, 15) is 35.1 Å². The molecule has 0 nitrogen and oxygen atoms in total. The van der Waals surface area contributed by atoms with Gasteiger partial charge in [-0.25, -0.2) is 8.78 Å². The molecule has 0 amide bonds. The minimum atomic E-state index is -6.27. The quantitative estimate of drug-likeness (QED) is 0.222. The molecule has 1 aliphatic carbocycles. The third-order valence-electron chi connectivity index (χ3n) is 1.73. The monoisotopic (exact) mass is 450 g/mol. The molecule has 17 heavy (non-hydrogen) atoms. The molecule has 0 N–H and O–H groups in total. The zero-order chi connectivity index (χ0) is 14.3. The molecule has 0 spiro atoms. The summed E-state index contributed by atoms with van der Waals surface area (Å²) in [6, 6.07) is 0. The molecule has 0 aromatic rings. The molecule has 0 saturated heterocycles. The van der Waals surface area contributed by atoms with E-state index in [2.05, 4.69) is 31.4 Å². The molecule has 1 aliphatic rings. The van der Waals surface area contributed by atoms with E-state index in [1.807, 2.05) is 0 Å². The summed E-state index contributed by atoms with van der Waals surface area (Å²) in [6.07, 6.45) is 0.161. The van der Waals surface area contributed by atoms with E-state index >= 15 is 0 Å². The van der Waals surface area contributed by atoms with Crippen LogP contribution < -0.4 is 0 Å². The van der Waals surface area contributed by atoms with E-state index in [0.29, 0.717) is 0 Å². The summed E-state index contributed by atoms with van der Waals surface area (Å²) in [5.41, 5.74) is 0. The van der Waals surface area contributed by atoms with Crippen molar-refractivity contribution in [1.29, 1.82) is 0 Å². The summed E-state index contributed by atoms with van der Waals surface area (Å²) in [5.74, 6) is -23.6. The van der Waals surface area contributed by atoms with Gasteiger partial charge >= 0.3 is 52.3 Å². The molecule has 0 aliphatic heterocycles. The second-order valence-corrected chi connectivity index (χ2v) is 3.11. The van der Waals surface area contributed by atoms with Crippen LogP contribution in [0.15, 0.2) is 5.03 Å². The molecule has 96 valence electrons. The van der Waals surface area contributed by atoms with Crippen LogP contribution in [-0.2, 0) is 14.8 Å². The van der Waals surface area contributed by atoms with Crippen molar-refractivity contribution in [2.45, 2.75) is 23.7 Å². The van der Waals surface area contributed by atoms with Crippen molar-refractivity contribution in [3.05, 3.63) is 11.1 Å². The molecule has 0 bridgehead atoms. The van der Waals surface area contributed by atoms with Crippen LogP contribution in [0.3, 0.4) is 0 Å². The molecular weight excluding hydrogens is 452 g/mol. The molecule has 0 saturated carbocycles. The van der Waals surface area contributed by atoms with Gasteiger partial charge in [0.05, 0.1) is 0 Å². The molecule has 0 heterocycles. The number of alkyl halides is 8. The predicted octanol–water partition coefficient (Wildman–Crippen LogP) is 4.35. The normalized spacial score (nSPS) is 27.6.